The molecule has 0 aromatic rings. The van der Waals surface area contributed by atoms with Gasteiger partial charge in [0.1, 0.15) is 0 Å². The van der Waals surface area contributed by atoms with Gasteiger partial charge in [-0.1, -0.05) is 45.8 Å². The van der Waals surface area contributed by atoms with Crippen LogP contribution < -0.4 is 0 Å². The first-order valence-corrected chi connectivity index (χ1v) is 12.4. The fourth-order valence-corrected chi connectivity index (χ4v) is 10.4. The summed E-state index contributed by atoms with van der Waals surface area (Å²) in [5.41, 5.74) is 3.02. The van der Waals surface area contributed by atoms with E-state index in [0.29, 0.717) is 10.8 Å². The van der Waals surface area contributed by atoms with Crippen molar-refractivity contribution in [3.8, 4) is 0 Å². The summed E-state index contributed by atoms with van der Waals surface area (Å²) in [6.07, 6.45) is 14.7. The molecule has 5 fully saturated rings. The Hall–Kier alpha value is -0.390. The molecule has 6 rings (SSSR count). The predicted molar refractivity (Wildman–Crippen MR) is 113 cm³/mol. The third kappa shape index (κ3) is 1.95. The van der Waals surface area contributed by atoms with Gasteiger partial charge in [0.15, 0.2) is 0 Å². The highest BCUT2D eigenvalue weighted by atomic mass is 14.8. The van der Waals surface area contributed by atoms with Crippen LogP contribution in [0.1, 0.15) is 79.1 Å². The van der Waals surface area contributed by atoms with Crippen LogP contribution in [-0.4, -0.2) is 0 Å². The molecule has 0 N–H and O–H groups in total. The fourth-order valence-electron chi connectivity index (χ4n) is 10.4. The van der Waals surface area contributed by atoms with Gasteiger partial charge in [0.05, 0.1) is 13.3 Å². The smallest absolute Gasteiger partial charge is 0.0811 e. The molecule has 27 heavy (non-hydrogen) atoms. The Balaban J connectivity index is 1.44. The maximum Gasteiger partial charge on any atom is 0.0906 e. The van der Waals surface area contributed by atoms with Crippen LogP contribution in [0.25, 0.3) is 0 Å². The van der Waals surface area contributed by atoms with Crippen molar-refractivity contribution in [3.63, 3.8) is 0 Å². The topological polar surface area (TPSA) is 0 Å². The molecule has 0 aromatic carbocycles. The molecule has 0 saturated heterocycles. The van der Waals surface area contributed by atoms with Crippen LogP contribution >= 0.6 is 0 Å². The molecule has 11 unspecified atom stereocenters. The third-order valence-electron chi connectivity index (χ3n) is 11.7. The van der Waals surface area contributed by atoms with Crippen molar-refractivity contribution < 1.29 is 0 Å². The molecule has 6 aliphatic carbocycles. The van der Waals surface area contributed by atoms with E-state index in [9.17, 15) is 0 Å². The van der Waals surface area contributed by atoms with Crippen molar-refractivity contribution in [2.24, 2.45) is 70.0 Å². The third-order valence-corrected chi connectivity index (χ3v) is 11.7. The second-order valence-corrected chi connectivity index (χ2v) is 12.6. The molecule has 0 bridgehead atoms. The van der Waals surface area contributed by atoms with Gasteiger partial charge in [0.25, 0.3) is 0 Å². The van der Waals surface area contributed by atoms with E-state index in [4.69, 9.17) is 0 Å². The summed E-state index contributed by atoms with van der Waals surface area (Å²) in [6, 6.07) is 0. The number of rotatable bonds is 2. The molecule has 0 radical (unpaired) electrons. The highest BCUT2D eigenvalue weighted by Gasteiger charge is 2.71. The van der Waals surface area contributed by atoms with Gasteiger partial charge < -0.3 is 0 Å². The minimum atomic E-state index is 0.522. The standard InChI is InChI=1S/C27H41/c1-6-26(4)10-7-11-27(5)22(26)13-16-12-20-21-14-19(15(2)3)17-8-9-18(17)24(21)25(27)23(16)20/h14-18,20-25H,1,6-13H2,2-5H3/q+1. The minimum Gasteiger partial charge on any atom is -0.0811 e. The second kappa shape index (κ2) is 5.40. The van der Waals surface area contributed by atoms with E-state index in [-0.39, 0.29) is 0 Å². The normalized spacial score (nSPS) is 60.3. The van der Waals surface area contributed by atoms with Crippen LogP contribution in [0, 0.1) is 76.9 Å². The van der Waals surface area contributed by atoms with Crippen molar-refractivity contribution in [1.82, 2.24) is 0 Å². The Morgan fingerprint density at radius 1 is 1.07 bits per heavy atom. The van der Waals surface area contributed by atoms with Gasteiger partial charge >= 0.3 is 0 Å². The van der Waals surface area contributed by atoms with Gasteiger partial charge in [-0.3, -0.25) is 0 Å². The highest BCUT2D eigenvalue weighted by molar-refractivity contribution is 5.29. The lowest BCUT2D eigenvalue weighted by Gasteiger charge is -2.65. The molecule has 11 atom stereocenters. The summed E-state index contributed by atoms with van der Waals surface area (Å²) in [4.78, 5) is 0. The van der Waals surface area contributed by atoms with E-state index in [1.165, 1.54) is 32.1 Å². The average Bonchev–Trinajstić information content (AvgIpc) is 2.84. The second-order valence-electron chi connectivity index (χ2n) is 12.6. The summed E-state index contributed by atoms with van der Waals surface area (Å²) in [6.45, 7) is 14.8. The Kier molecular flexibility index (Phi) is 3.49. The van der Waals surface area contributed by atoms with Crippen LogP contribution in [-0.2, 0) is 0 Å². The van der Waals surface area contributed by atoms with Gasteiger partial charge in [0, 0.05) is 5.41 Å². The molecular formula is C27H41+. The van der Waals surface area contributed by atoms with E-state index in [1.54, 1.807) is 19.3 Å². The Morgan fingerprint density at radius 2 is 1.89 bits per heavy atom. The van der Waals surface area contributed by atoms with E-state index >= 15 is 0 Å². The van der Waals surface area contributed by atoms with Crippen LogP contribution in [0.3, 0.4) is 0 Å². The van der Waals surface area contributed by atoms with E-state index in [2.05, 4.69) is 40.7 Å². The molecule has 5 saturated carbocycles. The fraction of sp³-hybridized carbons (Fsp3) is 0.889. The zero-order valence-corrected chi connectivity index (χ0v) is 18.2. The monoisotopic (exact) mass is 365 g/mol. The largest absolute Gasteiger partial charge is 0.0906 e. The van der Waals surface area contributed by atoms with Crippen molar-refractivity contribution in [3.05, 3.63) is 18.6 Å². The molecule has 6 aliphatic rings. The molecule has 0 amide bonds. The summed E-state index contributed by atoms with van der Waals surface area (Å²) < 4.78 is 0. The van der Waals surface area contributed by atoms with E-state index in [0.717, 1.165) is 59.2 Å². The molecular weight excluding hydrogens is 324 g/mol. The quantitative estimate of drug-likeness (QED) is 0.359. The number of fused-ring (bicyclic) bond motifs is 7. The first-order valence-electron chi connectivity index (χ1n) is 12.4. The van der Waals surface area contributed by atoms with Gasteiger partial charge in [-0.15, -0.1) is 0 Å². The van der Waals surface area contributed by atoms with Crippen molar-refractivity contribution in [2.75, 3.05) is 0 Å². The Labute approximate surface area is 168 Å². The van der Waals surface area contributed by atoms with Crippen LogP contribution in [0.5, 0.6) is 0 Å². The summed E-state index contributed by atoms with van der Waals surface area (Å²) >= 11 is 0. The number of hydrogen-bond acceptors (Lipinski definition) is 0. The maximum absolute atomic E-state index is 4.47. The first-order chi connectivity index (χ1) is 12.9. The lowest BCUT2D eigenvalue weighted by atomic mass is 9.39. The first kappa shape index (κ1) is 17.5. The van der Waals surface area contributed by atoms with Gasteiger partial charge in [-0.05, 0) is 103 Å². The zero-order chi connectivity index (χ0) is 18.7. The maximum atomic E-state index is 4.47. The zero-order valence-electron chi connectivity index (χ0n) is 18.2. The van der Waals surface area contributed by atoms with Crippen molar-refractivity contribution in [2.45, 2.75) is 79.1 Å². The molecule has 0 spiro atoms. The Morgan fingerprint density at radius 3 is 2.56 bits per heavy atom. The molecule has 0 heterocycles. The molecule has 0 aliphatic heterocycles. The average molecular weight is 366 g/mol. The number of allylic oxidation sites excluding steroid dienone is 2. The summed E-state index contributed by atoms with van der Waals surface area (Å²) in [5.74, 6) is 10.0. The molecule has 0 nitrogen and oxygen atoms in total. The van der Waals surface area contributed by atoms with Crippen molar-refractivity contribution >= 4 is 0 Å². The summed E-state index contributed by atoms with van der Waals surface area (Å²) in [5, 5.41) is 0. The van der Waals surface area contributed by atoms with Crippen molar-refractivity contribution in [1.29, 1.82) is 0 Å². The predicted octanol–water partition coefficient (Wildman–Crippen LogP) is 7.16. The minimum absolute atomic E-state index is 0.522. The lowest BCUT2D eigenvalue weighted by molar-refractivity contribution is -0.167. The lowest BCUT2D eigenvalue weighted by Crippen LogP contribution is -2.59. The van der Waals surface area contributed by atoms with Crippen LogP contribution in [0.15, 0.2) is 11.6 Å². The van der Waals surface area contributed by atoms with Gasteiger partial charge in [0.2, 0.25) is 0 Å². The number of hydrogen-bond donors (Lipinski definition) is 0. The van der Waals surface area contributed by atoms with E-state index in [1.807, 2.05) is 5.57 Å². The van der Waals surface area contributed by atoms with Gasteiger partial charge in [-0.25, -0.2) is 0 Å². The Bertz CT molecular complexity index is 672. The van der Waals surface area contributed by atoms with Crippen LogP contribution in [0.2, 0.25) is 0 Å². The SMILES string of the molecule is [CH2+]CC1(C)CCCC2(C)C3C4C(CC4C4C=C(C(C)C)C5CCC5C43)CC12. The van der Waals surface area contributed by atoms with E-state index < -0.39 is 0 Å². The van der Waals surface area contributed by atoms with Crippen LogP contribution in [0.4, 0.5) is 0 Å². The van der Waals surface area contributed by atoms with Gasteiger partial charge in [-0.2, -0.15) is 0 Å². The summed E-state index contributed by atoms with van der Waals surface area (Å²) in [7, 11) is 0. The highest BCUT2D eigenvalue weighted by Crippen LogP contribution is 2.78. The molecule has 0 heteroatoms. The molecule has 148 valence electrons. The molecule has 0 aromatic heterocycles.